The molecule has 0 aliphatic carbocycles. The molecule has 0 saturated carbocycles. The van der Waals surface area contributed by atoms with Crippen LogP contribution in [0.3, 0.4) is 0 Å². The fourth-order valence-corrected chi connectivity index (χ4v) is 1.26. The van der Waals surface area contributed by atoms with E-state index in [9.17, 15) is 4.39 Å². The predicted octanol–water partition coefficient (Wildman–Crippen LogP) is 1.66. The zero-order valence-corrected chi connectivity index (χ0v) is 8.87. The first-order chi connectivity index (χ1) is 7.20. The first-order valence-corrected chi connectivity index (χ1v) is 4.79. The van der Waals surface area contributed by atoms with Crippen molar-refractivity contribution in [1.29, 1.82) is 5.26 Å². The molecule has 0 aliphatic heterocycles. The quantitative estimate of drug-likeness (QED) is 0.755. The fraction of sp³-hybridized carbons (Fsp3) is 0.500. The van der Waals surface area contributed by atoms with Crippen molar-refractivity contribution in [3.8, 4) is 6.07 Å². The zero-order chi connectivity index (χ0) is 11.3. The van der Waals surface area contributed by atoms with Crippen molar-refractivity contribution < 1.29 is 4.39 Å². The lowest BCUT2D eigenvalue weighted by molar-refractivity contribution is 0.591. The second-order valence-corrected chi connectivity index (χ2v) is 3.08. The standard InChI is InChI=1S/C10H13FN4/c1-3-15(6-4-5-12)10-9(11)8(2)13-7-14-10/h7H,3-4,6H2,1-2H3. The Labute approximate surface area is 88.4 Å². The van der Waals surface area contributed by atoms with E-state index in [1.54, 1.807) is 11.8 Å². The van der Waals surface area contributed by atoms with Gasteiger partial charge in [0.25, 0.3) is 0 Å². The molecule has 1 aromatic heterocycles. The van der Waals surface area contributed by atoms with Crippen molar-refractivity contribution >= 4 is 5.82 Å². The van der Waals surface area contributed by atoms with Crippen LogP contribution in [0.5, 0.6) is 0 Å². The number of nitrogens with zero attached hydrogens (tertiary/aromatic N) is 4. The summed E-state index contributed by atoms with van der Waals surface area (Å²) in [7, 11) is 0. The largest absolute Gasteiger partial charge is 0.353 e. The van der Waals surface area contributed by atoms with Crippen LogP contribution < -0.4 is 4.90 Å². The summed E-state index contributed by atoms with van der Waals surface area (Å²) in [5.74, 6) is -0.127. The lowest BCUT2D eigenvalue weighted by Crippen LogP contribution is -2.26. The molecule has 0 amide bonds. The summed E-state index contributed by atoms with van der Waals surface area (Å²) in [6.45, 7) is 4.60. The highest BCUT2D eigenvalue weighted by Crippen LogP contribution is 2.16. The Bertz CT molecular complexity index is 372. The van der Waals surface area contributed by atoms with Crippen molar-refractivity contribution in [3.63, 3.8) is 0 Å². The third-order valence-electron chi connectivity index (χ3n) is 2.12. The van der Waals surface area contributed by atoms with Gasteiger partial charge in [-0.15, -0.1) is 0 Å². The van der Waals surface area contributed by atoms with E-state index in [0.717, 1.165) is 0 Å². The van der Waals surface area contributed by atoms with E-state index in [4.69, 9.17) is 5.26 Å². The Hall–Kier alpha value is -1.70. The smallest absolute Gasteiger partial charge is 0.186 e. The molecular weight excluding hydrogens is 195 g/mol. The van der Waals surface area contributed by atoms with Crippen LogP contribution in [-0.2, 0) is 0 Å². The topological polar surface area (TPSA) is 52.8 Å². The monoisotopic (exact) mass is 208 g/mol. The predicted molar refractivity (Wildman–Crippen MR) is 54.8 cm³/mol. The Morgan fingerprint density at radius 3 is 2.87 bits per heavy atom. The van der Waals surface area contributed by atoms with Crippen LogP contribution in [0.1, 0.15) is 19.0 Å². The van der Waals surface area contributed by atoms with E-state index < -0.39 is 5.82 Å². The summed E-state index contributed by atoms with van der Waals surface area (Å²) < 4.78 is 13.6. The fourth-order valence-electron chi connectivity index (χ4n) is 1.26. The highest BCUT2D eigenvalue weighted by atomic mass is 19.1. The number of halogens is 1. The van der Waals surface area contributed by atoms with Crippen molar-refractivity contribution in [3.05, 3.63) is 17.8 Å². The minimum absolute atomic E-state index is 0.278. The molecule has 1 aromatic rings. The van der Waals surface area contributed by atoms with Crippen LogP contribution in [0.4, 0.5) is 10.2 Å². The molecule has 0 radical (unpaired) electrons. The average Bonchev–Trinajstić information content (AvgIpc) is 2.25. The Kier molecular flexibility index (Phi) is 3.98. The molecule has 0 bridgehead atoms. The van der Waals surface area contributed by atoms with Gasteiger partial charge in [0.15, 0.2) is 11.6 Å². The minimum atomic E-state index is -0.405. The van der Waals surface area contributed by atoms with E-state index in [2.05, 4.69) is 9.97 Å². The molecule has 4 nitrogen and oxygen atoms in total. The summed E-state index contributed by atoms with van der Waals surface area (Å²) in [5.41, 5.74) is 0.329. The van der Waals surface area contributed by atoms with Gasteiger partial charge in [0, 0.05) is 13.1 Å². The molecule has 5 heteroatoms. The van der Waals surface area contributed by atoms with Crippen LogP contribution in [-0.4, -0.2) is 23.1 Å². The number of aromatic nitrogens is 2. The van der Waals surface area contributed by atoms with Gasteiger partial charge in [-0.05, 0) is 13.8 Å². The van der Waals surface area contributed by atoms with E-state index in [-0.39, 0.29) is 5.82 Å². The van der Waals surface area contributed by atoms with Crippen LogP contribution >= 0.6 is 0 Å². The van der Waals surface area contributed by atoms with Crippen molar-refractivity contribution in [1.82, 2.24) is 9.97 Å². The first-order valence-electron chi connectivity index (χ1n) is 4.79. The average molecular weight is 208 g/mol. The van der Waals surface area contributed by atoms with Gasteiger partial charge in [-0.3, -0.25) is 0 Å². The number of anilines is 1. The Balaban J connectivity index is 2.92. The molecule has 80 valence electrons. The van der Waals surface area contributed by atoms with Gasteiger partial charge in [0.05, 0.1) is 18.2 Å². The Morgan fingerprint density at radius 2 is 2.27 bits per heavy atom. The summed E-state index contributed by atoms with van der Waals surface area (Å²) in [4.78, 5) is 9.38. The molecule has 0 aromatic carbocycles. The van der Waals surface area contributed by atoms with Crippen LogP contribution in [0.25, 0.3) is 0 Å². The Morgan fingerprint density at radius 1 is 1.53 bits per heavy atom. The van der Waals surface area contributed by atoms with Crippen molar-refractivity contribution in [2.75, 3.05) is 18.0 Å². The minimum Gasteiger partial charge on any atom is -0.353 e. The SMILES string of the molecule is CCN(CCC#N)c1ncnc(C)c1F. The maximum absolute atomic E-state index is 13.6. The van der Waals surface area contributed by atoms with Gasteiger partial charge in [-0.2, -0.15) is 5.26 Å². The molecule has 0 saturated heterocycles. The highest BCUT2D eigenvalue weighted by molar-refractivity contribution is 5.40. The van der Waals surface area contributed by atoms with E-state index >= 15 is 0 Å². The van der Waals surface area contributed by atoms with Gasteiger partial charge in [0.1, 0.15) is 6.33 Å². The summed E-state index contributed by atoms with van der Waals surface area (Å²) >= 11 is 0. The number of rotatable bonds is 4. The van der Waals surface area contributed by atoms with Crippen LogP contribution in [0, 0.1) is 24.1 Å². The van der Waals surface area contributed by atoms with Gasteiger partial charge >= 0.3 is 0 Å². The van der Waals surface area contributed by atoms with Crippen molar-refractivity contribution in [2.24, 2.45) is 0 Å². The zero-order valence-electron chi connectivity index (χ0n) is 8.87. The second-order valence-electron chi connectivity index (χ2n) is 3.08. The summed E-state index contributed by atoms with van der Waals surface area (Å²) in [6.07, 6.45) is 1.69. The maximum Gasteiger partial charge on any atom is 0.186 e. The van der Waals surface area contributed by atoms with E-state index in [1.165, 1.54) is 6.33 Å². The molecule has 15 heavy (non-hydrogen) atoms. The number of nitriles is 1. The number of hydrogen-bond donors (Lipinski definition) is 0. The molecule has 1 rings (SSSR count). The van der Waals surface area contributed by atoms with Gasteiger partial charge in [0.2, 0.25) is 0 Å². The lowest BCUT2D eigenvalue weighted by Gasteiger charge is -2.20. The molecule has 0 atom stereocenters. The van der Waals surface area contributed by atoms with Gasteiger partial charge < -0.3 is 4.90 Å². The van der Waals surface area contributed by atoms with Crippen molar-refractivity contribution in [2.45, 2.75) is 20.3 Å². The molecule has 0 unspecified atom stereocenters. The molecule has 0 fully saturated rings. The molecule has 0 spiro atoms. The van der Waals surface area contributed by atoms with Gasteiger partial charge in [-0.25, -0.2) is 14.4 Å². The van der Waals surface area contributed by atoms with Crippen LogP contribution in [0.2, 0.25) is 0 Å². The third-order valence-corrected chi connectivity index (χ3v) is 2.12. The third kappa shape index (κ3) is 2.62. The molecular formula is C10H13FN4. The second kappa shape index (κ2) is 5.25. The number of aryl methyl sites for hydroxylation is 1. The summed E-state index contributed by atoms with van der Waals surface area (Å²) in [5, 5.41) is 8.48. The van der Waals surface area contributed by atoms with Crippen LogP contribution in [0.15, 0.2) is 6.33 Å². The molecule has 0 aliphatic rings. The summed E-state index contributed by atoms with van der Waals surface area (Å²) in [6, 6.07) is 2.03. The molecule has 0 N–H and O–H groups in total. The molecule has 1 heterocycles. The normalized spacial score (nSPS) is 9.73. The highest BCUT2D eigenvalue weighted by Gasteiger charge is 2.13. The first kappa shape index (κ1) is 11.4. The van der Waals surface area contributed by atoms with E-state index in [1.807, 2.05) is 13.0 Å². The lowest BCUT2D eigenvalue weighted by atomic mass is 10.3. The van der Waals surface area contributed by atoms with E-state index in [0.29, 0.717) is 25.2 Å². The number of hydrogen-bond acceptors (Lipinski definition) is 4. The maximum atomic E-state index is 13.6. The van der Waals surface area contributed by atoms with Gasteiger partial charge in [-0.1, -0.05) is 0 Å².